The molecule has 14 heavy (non-hydrogen) atoms. The zero-order chi connectivity index (χ0) is 10.4. The summed E-state index contributed by atoms with van der Waals surface area (Å²) in [7, 11) is 0. The number of thiophene rings is 1. The van der Waals surface area contributed by atoms with Gasteiger partial charge in [0.05, 0.1) is 4.88 Å². The summed E-state index contributed by atoms with van der Waals surface area (Å²) in [4.78, 5) is 22.0. The maximum atomic E-state index is 11.3. The monoisotopic (exact) mass is 208 g/mol. The van der Waals surface area contributed by atoms with E-state index in [2.05, 4.69) is 0 Å². The van der Waals surface area contributed by atoms with Gasteiger partial charge in [0, 0.05) is 6.08 Å². The molecule has 0 amide bonds. The second kappa shape index (κ2) is 5.14. The van der Waals surface area contributed by atoms with Gasteiger partial charge in [-0.1, -0.05) is 18.2 Å². The van der Waals surface area contributed by atoms with Crippen LogP contribution < -0.4 is 0 Å². The molecule has 0 bridgehead atoms. The first kappa shape index (κ1) is 10.4. The van der Waals surface area contributed by atoms with Gasteiger partial charge in [0.2, 0.25) is 0 Å². The minimum Gasteiger partial charge on any atom is -0.478 e. The molecule has 1 aromatic rings. The van der Waals surface area contributed by atoms with Gasteiger partial charge in [-0.3, -0.25) is 4.79 Å². The maximum absolute atomic E-state index is 11.3. The fourth-order valence-electron chi connectivity index (χ4n) is 0.782. The predicted octanol–water partition coefficient (Wildman–Crippen LogP) is 2.13. The molecule has 72 valence electrons. The van der Waals surface area contributed by atoms with Crippen LogP contribution in [0.15, 0.2) is 41.8 Å². The number of carbonyl (C=O) groups excluding carboxylic acids is 1. The molecule has 0 aliphatic heterocycles. The highest BCUT2D eigenvalue weighted by molar-refractivity contribution is 7.12. The van der Waals surface area contributed by atoms with Gasteiger partial charge < -0.3 is 5.11 Å². The van der Waals surface area contributed by atoms with Crippen LogP contribution in [0.5, 0.6) is 0 Å². The third-order valence-corrected chi connectivity index (χ3v) is 2.25. The number of ketones is 1. The summed E-state index contributed by atoms with van der Waals surface area (Å²) in [6, 6.07) is 3.51. The van der Waals surface area contributed by atoms with E-state index >= 15 is 0 Å². The predicted molar refractivity (Wildman–Crippen MR) is 54.6 cm³/mol. The Bertz CT molecular complexity index is 374. The lowest BCUT2D eigenvalue weighted by atomic mass is 10.3. The van der Waals surface area contributed by atoms with E-state index in [1.165, 1.54) is 29.6 Å². The molecule has 4 heteroatoms. The van der Waals surface area contributed by atoms with Crippen molar-refractivity contribution in [2.24, 2.45) is 0 Å². The van der Waals surface area contributed by atoms with Gasteiger partial charge in [0.1, 0.15) is 0 Å². The molecule has 1 N–H and O–H groups in total. The number of rotatable bonds is 4. The Balaban J connectivity index is 2.53. The van der Waals surface area contributed by atoms with Gasteiger partial charge in [-0.15, -0.1) is 11.3 Å². The van der Waals surface area contributed by atoms with Gasteiger partial charge in [0.15, 0.2) is 5.78 Å². The molecule has 0 fully saturated rings. The van der Waals surface area contributed by atoms with Crippen LogP contribution in [0.1, 0.15) is 9.67 Å². The Morgan fingerprint density at radius 3 is 2.57 bits per heavy atom. The summed E-state index contributed by atoms with van der Waals surface area (Å²) in [6.45, 7) is 0. The van der Waals surface area contributed by atoms with Crippen molar-refractivity contribution in [1.82, 2.24) is 0 Å². The molecule has 0 aliphatic carbocycles. The quantitative estimate of drug-likeness (QED) is 0.468. The van der Waals surface area contributed by atoms with Crippen molar-refractivity contribution < 1.29 is 14.7 Å². The Morgan fingerprint density at radius 1 is 1.29 bits per heavy atom. The van der Waals surface area contributed by atoms with E-state index in [0.29, 0.717) is 4.88 Å². The molecule has 0 saturated carbocycles. The van der Waals surface area contributed by atoms with Crippen LogP contribution in [0, 0.1) is 0 Å². The third kappa shape index (κ3) is 3.37. The van der Waals surface area contributed by atoms with Gasteiger partial charge in [-0.05, 0) is 17.5 Å². The second-order valence-corrected chi connectivity index (χ2v) is 3.35. The maximum Gasteiger partial charge on any atom is 0.328 e. The number of hydrogen-bond donors (Lipinski definition) is 1. The Morgan fingerprint density at radius 2 is 2.00 bits per heavy atom. The normalized spacial score (nSPS) is 11.1. The molecule has 0 radical (unpaired) electrons. The first-order valence-corrected chi connectivity index (χ1v) is 4.73. The first-order valence-electron chi connectivity index (χ1n) is 3.85. The van der Waals surface area contributed by atoms with Gasteiger partial charge in [-0.25, -0.2) is 4.79 Å². The fourth-order valence-corrected chi connectivity index (χ4v) is 1.43. The molecular weight excluding hydrogens is 200 g/mol. The third-order valence-electron chi connectivity index (χ3n) is 1.36. The molecular formula is C10H8O3S. The summed E-state index contributed by atoms with van der Waals surface area (Å²) in [5, 5.41) is 10.1. The molecule has 1 rings (SSSR count). The highest BCUT2D eigenvalue weighted by atomic mass is 32.1. The summed E-state index contributed by atoms with van der Waals surface area (Å²) >= 11 is 1.35. The van der Waals surface area contributed by atoms with E-state index < -0.39 is 5.97 Å². The van der Waals surface area contributed by atoms with Gasteiger partial charge >= 0.3 is 5.97 Å². The lowest BCUT2D eigenvalue weighted by Gasteiger charge is -1.84. The van der Waals surface area contributed by atoms with Crippen molar-refractivity contribution in [2.75, 3.05) is 0 Å². The van der Waals surface area contributed by atoms with Gasteiger partial charge in [-0.2, -0.15) is 0 Å². The molecule has 0 aliphatic rings. The second-order valence-electron chi connectivity index (χ2n) is 2.40. The standard InChI is InChI=1S/C10H8O3S/c11-8(9-5-3-7-14-9)4-1-2-6-10(12)13/h1-7H,(H,12,13)/b4-1+,6-2-. The summed E-state index contributed by atoms with van der Waals surface area (Å²) in [6.07, 6.45) is 5.04. The van der Waals surface area contributed by atoms with E-state index in [0.717, 1.165) is 6.08 Å². The van der Waals surface area contributed by atoms with E-state index in [9.17, 15) is 9.59 Å². The topological polar surface area (TPSA) is 54.4 Å². The number of carbonyl (C=O) groups is 2. The molecule has 1 aromatic heterocycles. The lowest BCUT2D eigenvalue weighted by molar-refractivity contribution is -0.131. The zero-order valence-corrected chi connectivity index (χ0v) is 8.03. The van der Waals surface area contributed by atoms with Crippen molar-refractivity contribution >= 4 is 23.1 Å². The summed E-state index contributed by atoms with van der Waals surface area (Å²) in [5.74, 6) is -1.15. The van der Waals surface area contributed by atoms with Crippen LogP contribution in [0.25, 0.3) is 0 Å². The average molecular weight is 208 g/mol. The number of allylic oxidation sites excluding steroid dienone is 3. The minimum absolute atomic E-state index is 0.116. The fraction of sp³-hybridized carbons (Fsp3) is 0. The lowest BCUT2D eigenvalue weighted by Crippen LogP contribution is -1.88. The smallest absolute Gasteiger partial charge is 0.328 e. The van der Waals surface area contributed by atoms with Crippen LogP contribution in [0.3, 0.4) is 0 Å². The average Bonchev–Trinajstić information content (AvgIpc) is 2.64. The van der Waals surface area contributed by atoms with Crippen molar-refractivity contribution in [3.63, 3.8) is 0 Å². The Labute approximate surface area is 85.0 Å². The van der Waals surface area contributed by atoms with Crippen molar-refractivity contribution in [3.8, 4) is 0 Å². The molecule has 0 saturated heterocycles. The Kier molecular flexibility index (Phi) is 3.82. The molecule has 0 spiro atoms. The number of carboxylic acids is 1. The summed E-state index contributed by atoms with van der Waals surface area (Å²) < 4.78 is 0. The Hall–Kier alpha value is -1.68. The van der Waals surface area contributed by atoms with Crippen molar-refractivity contribution in [3.05, 3.63) is 46.7 Å². The van der Waals surface area contributed by atoms with Crippen LogP contribution in [0.4, 0.5) is 0 Å². The van der Waals surface area contributed by atoms with Crippen LogP contribution in [-0.2, 0) is 4.79 Å². The number of carboxylic acid groups (broad SMARTS) is 1. The largest absolute Gasteiger partial charge is 0.478 e. The minimum atomic E-state index is -1.03. The zero-order valence-electron chi connectivity index (χ0n) is 7.21. The van der Waals surface area contributed by atoms with E-state index in [1.54, 1.807) is 12.1 Å². The number of hydrogen-bond acceptors (Lipinski definition) is 3. The first-order chi connectivity index (χ1) is 6.70. The van der Waals surface area contributed by atoms with Crippen molar-refractivity contribution in [2.45, 2.75) is 0 Å². The highest BCUT2D eigenvalue weighted by Gasteiger charge is 1.99. The van der Waals surface area contributed by atoms with Crippen LogP contribution in [0.2, 0.25) is 0 Å². The van der Waals surface area contributed by atoms with Crippen molar-refractivity contribution in [1.29, 1.82) is 0 Å². The SMILES string of the molecule is O=C(O)/C=C\C=C\C(=O)c1cccs1. The summed E-state index contributed by atoms with van der Waals surface area (Å²) in [5.41, 5.74) is 0. The van der Waals surface area contributed by atoms with E-state index in [-0.39, 0.29) is 5.78 Å². The van der Waals surface area contributed by atoms with Gasteiger partial charge in [0.25, 0.3) is 0 Å². The molecule has 3 nitrogen and oxygen atoms in total. The molecule has 0 aromatic carbocycles. The van der Waals surface area contributed by atoms with E-state index in [1.807, 2.05) is 5.38 Å². The van der Waals surface area contributed by atoms with E-state index in [4.69, 9.17) is 5.11 Å². The number of aliphatic carboxylic acids is 1. The highest BCUT2D eigenvalue weighted by Crippen LogP contribution is 2.09. The molecule has 0 unspecified atom stereocenters. The molecule has 1 heterocycles. The van der Waals surface area contributed by atoms with Crippen LogP contribution in [-0.4, -0.2) is 16.9 Å². The molecule has 0 atom stereocenters. The van der Waals surface area contributed by atoms with Crippen LogP contribution >= 0.6 is 11.3 Å².